The lowest BCUT2D eigenvalue weighted by molar-refractivity contribution is 0.455. The third-order valence-electron chi connectivity index (χ3n) is 4.34. The molecule has 1 aromatic heterocycles. The second-order valence-electron chi connectivity index (χ2n) is 6.46. The van der Waals surface area contributed by atoms with Gasteiger partial charge in [-0.1, -0.05) is 0 Å². The molecule has 29 heavy (non-hydrogen) atoms. The topological polar surface area (TPSA) is 85.8 Å². The van der Waals surface area contributed by atoms with Gasteiger partial charge in [0.25, 0.3) is 0 Å². The van der Waals surface area contributed by atoms with E-state index in [2.05, 4.69) is 16.0 Å². The Hall–Kier alpha value is -4.16. The van der Waals surface area contributed by atoms with Crippen LogP contribution in [-0.4, -0.2) is 17.0 Å². The monoisotopic (exact) mass is 381 g/mol. The summed E-state index contributed by atoms with van der Waals surface area (Å²) >= 11 is 0. The second kappa shape index (κ2) is 8.69. The molecule has 0 fully saturated rings. The number of ether oxygens (including phenoxy) is 1. The fraction of sp³-hybridized carbons (Fsp3) is 0.130. The molecule has 0 radical (unpaired) electrons. The smallest absolute Gasteiger partial charge is 0.232 e. The number of rotatable bonds is 5. The number of hydrogen-bond acceptors (Lipinski definition) is 6. The standard InChI is InChI=1S/C23H19N5O/c1-16-13-19(5-4-11-24)14-17(2)22(16)29-21-10-12-26-23(27-21)28(3)20-8-6-18(15-25)7-9-20/h4-10,12-14H,1-3H3/b5-4+. The van der Waals surface area contributed by atoms with Gasteiger partial charge in [-0.05, 0) is 73.0 Å². The molecule has 0 aliphatic rings. The summed E-state index contributed by atoms with van der Waals surface area (Å²) in [6, 6.07) is 16.9. The SMILES string of the molecule is Cc1cc(/C=C/C#N)cc(C)c1Oc1ccnc(N(C)c2ccc(C#N)cc2)n1. The molecule has 0 aliphatic carbocycles. The fourth-order valence-electron chi connectivity index (χ4n) is 2.90. The zero-order chi connectivity index (χ0) is 20.8. The number of aryl methyl sites for hydroxylation is 2. The van der Waals surface area contributed by atoms with E-state index >= 15 is 0 Å². The number of nitriles is 2. The van der Waals surface area contributed by atoms with Crippen LogP contribution in [0.25, 0.3) is 6.08 Å². The van der Waals surface area contributed by atoms with Gasteiger partial charge in [-0.3, -0.25) is 0 Å². The highest BCUT2D eigenvalue weighted by Gasteiger charge is 2.12. The molecule has 3 rings (SSSR count). The van der Waals surface area contributed by atoms with Crippen LogP contribution in [-0.2, 0) is 0 Å². The van der Waals surface area contributed by atoms with Gasteiger partial charge in [0, 0.05) is 31.1 Å². The van der Waals surface area contributed by atoms with Crippen LogP contribution in [0, 0.1) is 36.5 Å². The molecule has 142 valence electrons. The van der Waals surface area contributed by atoms with Crippen LogP contribution >= 0.6 is 0 Å². The predicted octanol–water partition coefficient (Wildman–Crippen LogP) is 5.06. The minimum absolute atomic E-state index is 0.432. The molecule has 0 bridgehead atoms. The van der Waals surface area contributed by atoms with Crippen molar-refractivity contribution in [2.24, 2.45) is 0 Å². The molecule has 6 heteroatoms. The van der Waals surface area contributed by atoms with E-state index < -0.39 is 0 Å². The van der Waals surface area contributed by atoms with E-state index in [0.717, 1.165) is 28.1 Å². The van der Waals surface area contributed by atoms with Crippen molar-refractivity contribution < 1.29 is 4.74 Å². The van der Waals surface area contributed by atoms with Crippen LogP contribution in [0.5, 0.6) is 11.6 Å². The van der Waals surface area contributed by atoms with Crippen LogP contribution < -0.4 is 9.64 Å². The van der Waals surface area contributed by atoms with Crippen LogP contribution in [0.3, 0.4) is 0 Å². The van der Waals surface area contributed by atoms with E-state index in [1.165, 1.54) is 6.08 Å². The highest BCUT2D eigenvalue weighted by atomic mass is 16.5. The third kappa shape index (κ3) is 4.58. The van der Waals surface area contributed by atoms with Crippen molar-refractivity contribution in [1.29, 1.82) is 10.5 Å². The molecular formula is C23H19N5O. The van der Waals surface area contributed by atoms with Crippen molar-refractivity contribution in [2.75, 3.05) is 11.9 Å². The zero-order valence-electron chi connectivity index (χ0n) is 16.4. The van der Waals surface area contributed by atoms with Crippen LogP contribution in [0.4, 0.5) is 11.6 Å². The average Bonchev–Trinajstić information content (AvgIpc) is 2.74. The number of allylic oxidation sites excluding steroid dienone is 1. The van der Waals surface area contributed by atoms with Crippen LogP contribution in [0.2, 0.25) is 0 Å². The first-order valence-corrected chi connectivity index (χ1v) is 8.94. The Morgan fingerprint density at radius 1 is 1.03 bits per heavy atom. The van der Waals surface area contributed by atoms with E-state index in [4.69, 9.17) is 15.3 Å². The van der Waals surface area contributed by atoms with Crippen molar-refractivity contribution in [1.82, 2.24) is 9.97 Å². The lowest BCUT2D eigenvalue weighted by atomic mass is 10.1. The summed E-state index contributed by atoms with van der Waals surface area (Å²) in [7, 11) is 1.85. The summed E-state index contributed by atoms with van der Waals surface area (Å²) < 4.78 is 6.05. The van der Waals surface area contributed by atoms with Gasteiger partial charge in [0.15, 0.2) is 0 Å². The summed E-state index contributed by atoms with van der Waals surface area (Å²) in [5, 5.41) is 17.6. The fourth-order valence-corrected chi connectivity index (χ4v) is 2.90. The molecule has 3 aromatic rings. The Kier molecular flexibility index (Phi) is 5.87. The molecule has 0 N–H and O–H groups in total. The molecule has 0 atom stereocenters. The highest BCUT2D eigenvalue weighted by Crippen LogP contribution is 2.30. The van der Waals surface area contributed by atoms with E-state index in [1.54, 1.807) is 30.5 Å². The molecule has 0 amide bonds. The minimum atomic E-state index is 0.432. The maximum atomic E-state index is 8.94. The number of hydrogen-bond donors (Lipinski definition) is 0. The molecule has 6 nitrogen and oxygen atoms in total. The molecule has 0 spiro atoms. The lowest BCUT2D eigenvalue weighted by Gasteiger charge is -2.18. The van der Waals surface area contributed by atoms with Crippen molar-refractivity contribution in [2.45, 2.75) is 13.8 Å². The van der Waals surface area contributed by atoms with Gasteiger partial charge in [0.1, 0.15) is 5.75 Å². The van der Waals surface area contributed by atoms with Crippen molar-refractivity contribution in [3.8, 4) is 23.8 Å². The molecular weight excluding hydrogens is 362 g/mol. The van der Waals surface area contributed by atoms with Gasteiger partial charge in [0.05, 0.1) is 17.7 Å². The normalized spacial score (nSPS) is 10.4. The van der Waals surface area contributed by atoms with Gasteiger partial charge in [-0.25, -0.2) is 4.98 Å². The van der Waals surface area contributed by atoms with Gasteiger partial charge in [0.2, 0.25) is 11.8 Å². The molecule has 0 saturated carbocycles. The van der Waals surface area contributed by atoms with Crippen molar-refractivity contribution in [3.05, 3.63) is 77.0 Å². The summed E-state index contributed by atoms with van der Waals surface area (Å²) in [6.07, 6.45) is 4.86. The lowest BCUT2D eigenvalue weighted by Crippen LogP contribution is -2.13. The minimum Gasteiger partial charge on any atom is -0.438 e. The van der Waals surface area contributed by atoms with E-state index in [-0.39, 0.29) is 0 Å². The van der Waals surface area contributed by atoms with E-state index in [9.17, 15) is 0 Å². The van der Waals surface area contributed by atoms with E-state index in [1.807, 2.05) is 56.1 Å². The quantitative estimate of drug-likeness (QED) is 0.574. The largest absolute Gasteiger partial charge is 0.438 e. The van der Waals surface area contributed by atoms with Crippen LogP contribution in [0.1, 0.15) is 22.3 Å². The molecule has 2 aromatic carbocycles. The molecule has 1 heterocycles. The van der Waals surface area contributed by atoms with Crippen molar-refractivity contribution >= 4 is 17.7 Å². The zero-order valence-corrected chi connectivity index (χ0v) is 16.4. The number of nitrogens with zero attached hydrogens (tertiary/aromatic N) is 5. The van der Waals surface area contributed by atoms with Crippen molar-refractivity contribution in [3.63, 3.8) is 0 Å². The molecule has 0 unspecified atom stereocenters. The van der Waals surface area contributed by atoms with Gasteiger partial charge in [-0.2, -0.15) is 15.5 Å². The van der Waals surface area contributed by atoms with E-state index in [0.29, 0.717) is 17.4 Å². The Balaban J connectivity index is 1.86. The van der Waals surface area contributed by atoms with Gasteiger partial charge >= 0.3 is 0 Å². The van der Waals surface area contributed by atoms with Gasteiger partial charge in [-0.15, -0.1) is 0 Å². The Labute approximate surface area is 170 Å². The average molecular weight is 381 g/mol. The maximum absolute atomic E-state index is 8.94. The molecule has 0 aliphatic heterocycles. The summed E-state index contributed by atoms with van der Waals surface area (Å²) in [5.74, 6) is 1.64. The number of benzene rings is 2. The highest BCUT2D eigenvalue weighted by molar-refractivity contribution is 5.59. The Morgan fingerprint density at radius 3 is 2.34 bits per heavy atom. The summed E-state index contributed by atoms with van der Waals surface area (Å²) in [4.78, 5) is 10.7. The Bertz CT molecular complexity index is 1110. The number of anilines is 2. The Morgan fingerprint density at radius 2 is 1.72 bits per heavy atom. The number of aromatic nitrogens is 2. The predicted molar refractivity (Wildman–Crippen MR) is 112 cm³/mol. The van der Waals surface area contributed by atoms with Gasteiger partial charge < -0.3 is 9.64 Å². The first kappa shape index (κ1) is 19.6. The second-order valence-corrected chi connectivity index (χ2v) is 6.46. The maximum Gasteiger partial charge on any atom is 0.232 e. The molecule has 0 saturated heterocycles. The first-order chi connectivity index (χ1) is 14.0. The third-order valence-corrected chi connectivity index (χ3v) is 4.34. The summed E-state index contributed by atoms with van der Waals surface area (Å²) in [5.41, 5.74) is 4.30. The first-order valence-electron chi connectivity index (χ1n) is 8.94. The summed E-state index contributed by atoms with van der Waals surface area (Å²) in [6.45, 7) is 3.91. The van der Waals surface area contributed by atoms with Crippen LogP contribution in [0.15, 0.2) is 54.7 Å².